The normalized spacial score (nSPS) is 11.3. The Balaban J connectivity index is 1.46. The van der Waals surface area contributed by atoms with Gasteiger partial charge < -0.3 is 9.84 Å². The van der Waals surface area contributed by atoms with Crippen molar-refractivity contribution in [3.8, 4) is 0 Å². The van der Waals surface area contributed by atoms with Gasteiger partial charge in [0.2, 0.25) is 0 Å². The molecule has 2 N–H and O–H groups in total. The fraction of sp³-hybridized carbons (Fsp3) is 0.0769. The standard InChI is InChI=1S/C26H20O7S/c27-25(28)21-7-1-17(2-8-21)13-19-3-6-20-9-10-22(15-23(20)14-19)26(29)33-16-18-4-11-24(12-5-18)34(30,31)32/h1-12,14-15H,13,16H2,(H,27,28)(H,30,31,32). The minimum Gasteiger partial charge on any atom is -0.478 e. The number of carbonyl (C=O) groups excluding carboxylic acids is 1. The molecule has 0 aliphatic heterocycles. The second kappa shape index (κ2) is 9.46. The number of rotatable bonds is 7. The van der Waals surface area contributed by atoms with Crippen LogP contribution in [0.15, 0.2) is 89.8 Å². The van der Waals surface area contributed by atoms with Crippen molar-refractivity contribution in [1.29, 1.82) is 0 Å². The number of hydrogen-bond acceptors (Lipinski definition) is 5. The molecule has 0 unspecified atom stereocenters. The number of carbonyl (C=O) groups is 2. The summed E-state index contributed by atoms with van der Waals surface area (Å²) in [5.74, 6) is -1.48. The summed E-state index contributed by atoms with van der Waals surface area (Å²) in [7, 11) is -4.28. The van der Waals surface area contributed by atoms with Crippen LogP contribution in [0.4, 0.5) is 0 Å². The molecule has 4 aromatic rings. The number of fused-ring (bicyclic) bond motifs is 1. The molecule has 172 valence electrons. The van der Waals surface area contributed by atoms with E-state index in [2.05, 4.69) is 0 Å². The molecule has 0 bridgehead atoms. The van der Waals surface area contributed by atoms with Gasteiger partial charge in [0.1, 0.15) is 6.61 Å². The molecule has 4 rings (SSSR count). The van der Waals surface area contributed by atoms with Crippen molar-refractivity contribution in [2.45, 2.75) is 17.9 Å². The van der Waals surface area contributed by atoms with Crippen LogP contribution in [0.25, 0.3) is 10.8 Å². The van der Waals surface area contributed by atoms with Crippen molar-refractivity contribution < 1.29 is 32.4 Å². The molecule has 0 radical (unpaired) electrons. The summed E-state index contributed by atoms with van der Waals surface area (Å²) in [6.45, 7) is -0.0466. The second-order valence-electron chi connectivity index (χ2n) is 7.77. The average Bonchev–Trinajstić information content (AvgIpc) is 2.82. The molecule has 0 aliphatic carbocycles. The molecule has 4 aromatic carbocycles. The molecule has 0 saturated heterocycles. The zero-order chi connectivity index (χ0) is 24.3. The van der Waals surface area contributed by atoms with E-state index in [0.717, 1.165) is 21.9 Å². The van der Waals surface area contributed by atoms with E-state index in [9.17, 15) is 18.0 Å². The lowest BCUT2D eigenvalue weighted by atomic mass is 9.99. The highest BCUT2D eigenvalue weighted by molar-refractivity contribution is 7.85. The van der Waals surface area contributed by atoms with Crippen molar-refractivity contribution >= 4 is 32.8 Å². The monoisotopic (exact) mass is 476 g/mol. The van der Waals surface area contributed by atoms with Gasteiger partial charge in [-0.2, -0.15) is 8.42 Å². The van der Waals surface area contributed by atoms with Gasteiger partial charge in [-0.3, -0.25) is 4.55 Å². The number of carboxylic acid groups (broad SMARTS) is 1. The van der Waals surface area contributed by atoms with Crippen molar-refractivity contribution in [2.24, 2.45) is 0 Å². The van der Waals surface area contributed by atoms with Crippen LogP contribution in [0.2, 0.25) is 0 Å². The molecule has 0 aliphatic rings. The highest BCUT2D eigenvalue weighted by Gasteiger charge is 2.11. The van der Waals surface area contributed by atoms with Gasteiger partial charge in [-0.25, -0.2) is 9.59 Å². The molecule has 0 heterocycles. The van der Waals surface area contributed by atoms with Crippen LogP contribution < -0.4 is 0 Å². The summed E-state index contributed by atoms with van der Waals surface area (Å²) in [6, 6.07) is 23.3. The smallest absolute Gasteiger partial charge is 0.338 e. The van der Waals surface area contributed by atoms with E-state index >= 15 is 0 Å². The van der Waals surface area contributed by atoms with Crippen LogP contribution >= 0.6 is 0 Å². The first-order chi connectivity index (χ1) is 16.2. The third-order valence-electron chi connectivity index (χ3n) is 5.34. The van der Waals surface area contributed by atoms with Gasteiger partial charge in [0.25, 0.3) is 10.1 Å². The SMILES string of the molecule is O=C(O)c1ccc(Cc2ccc3ccc(C(=O)OCc4ccc(S(=O)(=O)O)cc4)cc3c2)cc1. The predicted octanol–water partition coefficient (Wildman–Crippen LogP) is 4.73. The van der Waals surface area contributed by atoms with E-state index in [0.29, 0.717) is 17.5 Å². The van der Waals surface area contributed by atoms with Gasteiger partial charge in [-0.15, -0.1) is 0 Å². The van der Waals surface area contributed by atoms with E-state index in [1.807, 2.05) is 24.3 Å². The molecule has 0 aromatic heterocycles. The van der Waals surface area contributed by atoms with Crippen LogP contribution in [-0.2, 0) is 27.9 Å². The molecule has 0 amide bonds. The van der Waals surface area contributed by atoms with Gasteiger partial charge in [0.05, 0.1) is 16.0 Å². The summed E-state index contributed by atoms with van der Waals surface area (Å²) < 4.78 is 36.6. The third kappa shape index (κ3) is 5.48. The maximum absolute atomic E-state index is 12.5. The fourth-order valence-corrected chi connectivity index (χ4v) is 4.00. The van der Waals surface area contributed by atoms with Crippen LogP contribution in [0.1, 0.15) is 37.4 Å². The summed E-state index contributed by atoms with van der Waals surface area (Å²) in [5, 5.41) is 10.9. The highest BCUT2D eigenvalue weighted by Crippen LogP contribution is 2.21. The van der Waals surface area contributed by atoms with Crippen molar-refractivity contribution in [3.05, 3.63) is 113 Å². The van der Waals surface area contributed by atoms with Crippen LogP contribution in [0.5, 0.6) is 0 Å². The second-order valence-corrected chi connectivity index (χ2v) is 9.19. The number of hydrogen-bond donors (Lipinski definition) is 2. The van der Waals surface area contributed by atoms with Crippen molar-refractivity contribution in [3.63, 3.8) is 0 Å². The van der Waals surface area contributed by atoms with Gasteiger partial charge in [0.15, 0.2) is 0 Å². The lowest BCUT2D eigenvalue weighted by molar-refractivity contribution is 0.0472. The predicted molar refractivity (Wildman–Crippen MR) is 126 cm³/mol. The summed E-state index contributed by atoms with van der Waals surface area (Å²) in [5.41, 5.74) is 3.18. The average molecular weight is 477 g/mol. The Bertz CT molecular complexity index is 1470. The first kappa shape index (κ1) is 23.2. The number of esters is 1. The fourth-order valence-electron chi connectivity index (χ4n) is 3.52. The maximum atomic E-state index is 12.5. The Labute approximate surface area is 196 Å². The van der Waals surface area contributed by atoms with E-state index in [4.69, 9.17) is 14.4 Å². The Kier molecular flexibility index (Phi) is 6.45. The Morgan fingerprint density at radius 2 is 1.29 bits per heavy atom. The van der Waals surface area contributed by atoms with E-state index in [-0.39, 0.29) is 17.1 Å². The minimum absolute atomic E-state index is 0.0466. The Morgan fingerprint density at radius 3 is 1.94 bits per heavy atom. The minimum atomic E-state index is -4.28. The largest absolute Gasteiger partial charge is 0.478 e. The first-order valence-corrected chi connectivity index (χ1v) is 11.7. The molecule has 7 nitrogen and oxygen atoms in total. The maximum Gasteiger partial charge on any atom is 0.338 e. The topological polar surface area (TPSA) is 118 Å². The summed E-state index contributed by atoms with van der Waals surface area (Å²) in [4.78, 5) is 23.3. The van der Waals surface area contributed by atoms with Crippen molar-refractivity contribution in [1.82, 2.24) is 0 Å². The number of carboxylic acids is 1. The zero-order valence-corrected chi connectivity index (χ0v) is 18.7. The lowest BCUT2D eigenvalue weighted by Crippen LogP contribution is -2.05. The zero-order valence-electron chi connectivity index (χ0n) is 17.8. The third-order valence-corrected chi connectivity index (χ3v) is 6.21. The summed E-state index contributed by atoms with van der Waals surface area (Å²) in [6.07, 6.45) is 0.615. The molecular formula is C26H20O7S. The number of benzene rings is 4. The number of ether oxygens (including phenoxy) is 1. The molecule has 0 fully saturated rings. The summed E-state index contributed by atoms with van der Waals surface area (Å²) >= 11 is 0. The van der Waals surface area contributed by atoms with Crippen LogP contribution in [0.3, 0.4) is 0 Å². The first-order valence-electron chi connectivity index (χ1n) is 10.3. The molecule has 0 saturated carbocycles. The quantitative estimate of drug-likeness (QED) is 0.292. The van der Waals surface area contributed by atoms with Gasteiger partial charge in [-0.05, 0) is 70.3 Å². The van der Waals surface area contributed by atoms with E-state index < -0.39 is 22.1 Å². The van der Waals surface area contributed by atoms with Crippen LogP contribution in [-0.4, -0.2) is 30.0 Å². The van der Waals surface area contributed by atoms with Gasteiger partial charge >= 0.3 is 11.9 Å². The van der Waals surface area contributed by atoms with Crippen molar-refractivity contribution in [2.75, 3.05) is 0 Å². The Morgan fingerprint density at radius 1 is 0.706 bits per heavy atom. The number of aromatic carboxylic acids is 1. The van der Waals surface area contributed by atoms with E-state index in [1.54, 1.807) is 36.4 Å². The lowest BCUT2D eigenvalue weighted by Gasteiger charge is -2.08. The highest BCUT2D eigenvalue weighted by atomic mass is 32.2. The molecule has 0 atom stereocenters. The van der Waals surface area contributed by atoms with Crippen LogP contribution in [0, 0.1) is 0 Å². The molecular weight excluding hydrogens is 456 g/mol. The molecule has 8 heteroatoms. The van der Waals surface area contributed by atoms with E-state index in [1.165, 1.54) is 24.3 Å². The van der Waals surface area contributed by atoms with Gasteiger partial charge in [0, 0.05) is 0 Å². The molecule has 34 heavy (non-hydrogen) atoms. The van der Waals surface area contributed by atoms with Gasteiger partial charge in [-0.1, -0.05) is 48.5 Å². The molecule has 0 spiro atoms. The Hall–Kier alpha value is -4.01.